The van der Waals surface area contributed by atoms with Gasteiger partial charge in [-0.15, -0.1) is 0 Å². The van der Waals surface area contributed by atoms with Gasteiger partial charge in [0, 0.05) is 34.5 Å². The molecule has 2 aliphatic rings. The minimum Gasteiger partial charge on any atom is -0.160 e. The van der Waals surface area contributed by atoms with Gasteiger partial charge < -0.3 is 0 Å². The van der Waals surface area contributed by atoms with Gasteiger partial charge in [-0.05, 0) is 11.1 Å². The van der Waals surface area contributed by atoms with E-state index in [1.54, 1.807) is 0 Å². The van der Waals surface area contributed by atoms with Crippen molar-refractivity contribution in [1.29, 1.82) is 0 Å². The first-order valence-corrected chi connectivity index (χ1v) is 8.72. The molecule has 0 saturated carbocycles. The molecule has 0 spiro atoms. The normalized spacial score (nSPS) is 18.9. The lowest BCUT2D eigenvalue weighted by atomic mass is 10.2. The van der Waals surface area contributed by atoms with Crippen molar-refractivity contribution >= 4 is 35.3 Å². The monoisotopic (exact) mass is 256 g/mol. The highest BCUT2D eigenvalue weighted by Crippen LogP contribution is 2.19. The van der Waals surface area contributed by atoms with E-state index in [1.165, 1.54) is 45.6 Å². The van der Waals surface area contributed by atoms with Crippen LogP contribution < -0.4 is 0 Å². The Balaban J connectivity index is 1.97. The van der Waals surface area contributed by atoms with E-state index in [1.807, 2.05) is 0 Å². The average molecular weight is 256 g/mol. The summed E-state index contributed by atoms with van der Waals surface area (Å²) >= 11 is 6.21. The van der Waals surface area contributed by atoms with Crippen molar-refractivity contribution in [2.24, 2.45) is 0 Å². The smallest absolute Gasteiger partial charge is 0.0184 e. The van der Waals surface area contributed by atoms with Crippen molar-refractivity contribution in [3.05, 3.63) is 35.4 Å². The first-order chi connectivity index (χ1) is 7.45. The molecule has 0 unspecified atom stereocenters. The van der Waals surface area contributed by atoms with Gasteiger partial charge in [-0.25, -0.2) is 0 Å². The van der Waals surface area contributed by atoms with Gasteiger partial charge >= 0.3 is 0 Å². The largest absolute Gasteiger partial charge is 0.160 e. The zero-order valence-corrected chi connectivity index (χ0v) is 11.2. The summed E-state index contributed by atoms with van der Waals surface area (Å²) in [6, 6.07) is 9.14. The molecule has 1 aromatic rings. The van der Waals surface area contributed by atoms with Gasteiger partial charge in [0.15, 0.2) is 0 Å². The van der Waals surface area contributed by atoms with Crippen LogP contribution in [0.5, 0.6) is 0 Å². The number of fused-ring (bicyclic) bond motifs is 10. The third-order valence-electron chi connectivity index (χ3n) is 2.30. The highest BCUT2D eigenvalue weighted by Gasteiger charge is 1.99. The maximum atomic E-state index is 2.29. The molecular formula is C12H16S3. The van der Waals surface area contributed by atoms with Crippen LogP contribution in [0.15, 0.2) is 24.3 Å². The van der Waals surface area contributed by atoms with Crippen LogP contribution in [0.3, 0.4) is 0 Å². The summed E-state index contributed by atoms with van der Waals surface area (Å²) in [6.07, 6.45) is 0. The van der Waals surface area contributed by atoms with E-state index in [9.17, 15) is 0 Å². The summed E-state index contributed by atoms with van der Waals surface area (Å²) in [7, 11) is 0. The fourth-order valence-electron chi connectivity index (χ4n) is 1.45. The lowest BCUT2D eigenvalue weighted by molar-refractivity contribution is 1.34. The highest BCUT2D eigenvalue weighted by molar-refractivity contribution is 8.04. The third kappa shape index (κ3) is 4.33. The van der Waals surface area contributed by atoms with Gasteiger partial charge in [-0.2, -0.15) is 35.3 Å². The Bertz CT molecular complexity index is 252. The van der Waals surface area contributed by atoms with Crippen molar-refractivity contribution in [1.82, 2.24) is 0 Å². The molecular weight excluding hydrogens is 240 g/mol. The Morgan fingerprint density at radius 3 is 1.47 bits per heavy atom. The average Bonchev–Trinajstić information content (AvgIpc) is 2.31. The number of hydrogen-bond acceptors (Lipinski definition) is 3. The van der Waals surface area contributed by atoms with E-state index in [4.69, 9.17) is 0 Å². The molecule has 2 aliphatic heterocycles. The molecule has 0 N–H and O–H groups in total. The second kappa shape index (κ2) is 6.77. The lowest BCUT2D eigenvalue weighted by Crippen LogP contribution is -1.89. The first-order valence-electron chi connectivity index (χ1n) is 5.26. The Hall–Kier alpha value is 0.270. The van der Waals surface area contributed by atoms with Crippen LogP contribution in [0.4, 0.5) is 0 Å². The van der Waals surface area contributed by atoms with Crippen LogP contribution in [0.25, 0.3) is 0 Å². The molecule has 0 atom stereocenters. The maximum Gasteiger partial charge on any atom is 0.0184 e. The van der Waals surface area contributed by atoms with Gasteiger partial charge in [-0.1, -0.05) is 24.3 Å². The Labute approximate surface area is 105 Å². The van der Waals surface area contributed by atoms with Crippen LogP contribution in [0.2, 0.25) is 0 Å². The summed E-state index contributed by atoms with van der Waals surface area (Å²) in [5, 5.41) is 0. The molecule has 3 rings (SSSR count). The second-order valence-electron chi connectivity index (χ2n) is 3.53. The molecule has 0 aromatic heterocycles. The predicted octanol–water partition coefficient (Wildman–Crippen LogP) is 3.90. The Morgan fingerprint density at radius 2 is 1.00 bits per heavy atom. The molecule has 15 heavy (non-hydrogen) atoms. The van der Waals surface area contributed by atoms with Crippen LogP contribution in [0.1, 0.15) is 11.1 Å². The molecule has 2 bridgehead atoms. The van der Waals surface area contributed by atoms with Crippen LogP contribution in [0, 0.1) is 0 Å². The summed E-state index contributed by atoms with van der Waals surface area (Å²) < 4.78 is 0. The van der Waals surface area contributed by atoms with Gasteiger partial charge in [0.25, 0.3) is 0 Å². The molecule has 1 aromatic carbocycles. The minimum atomic E-state index is 1.17. The summed E-state index contributed by atoms with van der Waals surface area (Å²) in [5.41, 5.74) is 2.94. The third-order valence-corrected chi connectivity index (χ3v) is 5.87. The van der Waals surface area contributed by atoms with Gasteiger partial charge in [0.05, 0.1) is 0 Å². The van der Waals surface area contributed by atoms with Crippen molar-refractivity contribution < 1.29 is 0 Å². The standard InChI is InChI=1S/C12H16S3/c1-2-12-4-3-11(1)9-14-7-5-13-6-8-15-10-12/h1-4H,5-10H2. The number of hydrogen-bond donors (Lipinski definition) is 0. The molecule has 0 aliphatic carbocycles. The Kier molecular flexibility index (Phi) is 5.30. The van der Waals surface area contributed by atoms with Crippen LogP contribution >= 0.6 is 35.3 Å². The molecule has 0 amide bonds. The lowest BCUT2D eigenvalue weighted by Gasteiger charge is -2.02. The summed E-state index contributed by atoms with van der Waals surface area (Å²) in [4.78, 5) is 0. The number of thioether (sulfide) groups is 3. The molecule has 0 fully saturated rings. The van der Waals surface area contributed by atoms with Crippen LogP contribution in [-0.4, -0.2) is 23.0 Å². The number of rotatable bonds is 0. The molecule has 0 saturated heterocycles. The Morgan fingerprint density at radius 1 is 0.600 bits per heavy atom. The van der Waals surface area contributed by atoms with Gasteiger partial charge in [0.2, 0.25) is 0 Å². The van der Waals surface area contributed by atoms with Crippen molar-refractivity contribution in [3.63, 3.8) is 0 Å². The summed E-state index contributed by atoms with van der Waals surface area (Å²) in [6.45, 7) is 0. The molecule has 82 valence electrons. The van der Waals surface area contributed by atoms with E-state index >= 15 is 0 Å². The van der Waals surface area contributed by atoms with E-state index in [-0.39, 0.29) is 0 Å². The topological polar surface area (TPSA) is 0 Å². The fraction of sp³-hybridized carbons (Fsp3) is 0.500. The maximum absolute atomic E-state index is 2.29. The summed E-state index contributed by atoms with van der Waals surface area (Å²) in [5.74, 6) is 7.54. The molecule has 2 heterocycles. The van der Waals surface area contributed by atoms with E-state index < -0.39 is 0 Å². The van der Waals surface area contributed by atoms with E-state index in [2.05, 4.69) is 59.6 Å². The highest BCUT2D eigenvalue weighted by atomic mass is 32.2. The molecule has 3 heteroatoms. The molecule has 0 nitrogen and oxygen atoms in total. The fourth-order valence-corrected chi connectivity index (χ4v) is 4.68. The molecule has 0 radical (unpaired) electrons. The van der Waals surface area contributed by atoms with Crippen molar-refractivity contribution in [3.8, 4) is 0 Å². The first kappa shape index (κ1) is 11.7. The predicted molar refractivity (Wildman–Crippen MR) is 76.1 cm³/mol. The van der Waals surface area contributed by atoms with E-state index in [0.29, 0.717) is 0 Å². The van der Waals surface area contributed by atoms with Gasteiger partial charge in [-0.3, -0.25) is 0 Å². The van der Waals surface area contributed by atoms with Gasteiger partial charge in [0.1, 0.15) is 0 Å². The number of benzene rings is 1. The SMILES string of the molecule is c1cc2ccc1CSCCSCCSC2. The second-order valence-corrected chi connectivity index (χ2v) is 6.97. The zero-order valence-electron chi connectivity index (χ0n) is 8.78. The van der Waals surface area contributed by atoms with E-state index in [0.717, 1.165) is 0 Å². The van der Waals surface area contributed by atoms with Crippen molar-refractivity contribution in [2.45, 2.75) is 11.5 Å². The van der Waals surface area contributed by atoms with Crippen molar-refractivity contribution in [2.75, 3.05) is 23.0 Å². The minimum absolute atomic E-state index is 1.17. The quantitative estimate of drug-likeness (QED) is 0.691. The van der Waals surface area contributed by atoms with Crippen LogP contribution in [-0.2, 0) is 11.5 Å². The zero-order chi connectivity index (χ0) is 10.3.